The fourth-order valence-corrected chi connectivity index (χ4v) is 11.0. The van der Waals surface area contributed by atoms with E-state index >= 15 is 0 Å². The van der Waals surface area contributed by atoms with Gasteiger partial charge in [0.15, 0.2) is 0 Å². The molecule has 10 unspecified atom stereocenters. The van der Waals surface area contributed by atoms with Crippen molar-refractivity contribution < 1.29 is 24.9 Å². The Kier molecular flexibility index (Phi) is 5.55. The Balaban J connectivity index is 1.62. The normalized spacial score (nSPS) is 53.7. The van der Waals surface area contributed by atoms with E-state index in [0.29, 0.717) is 6.42 Å². The maximum atomic E-state index is 12.8. The van der Waals surface area contributed by atoms with Gasteiger partial charge in [-0.05, 0) is 110 Å². The summed E-state index contributed by atoms with van der Waals surface area (Å²) in [5.41, 5.74) is -0.500. The number of carboxylic acid groups (broad SMARTS) is 2. The van der Waals surface area contributed by atoms with Crippen molar-refractivity contribution in [3.63, 3.8) is 0 Å². The first-order valence-electron chi connectivity index (χ1n) is 14.3. The van der Waals surface area contributed by atoms with Crippen LogP contribution in [0, 0.1) is 56.2 Å². The molecule has 5 heteroatoms. The van der Waals surface area contributed by atoms with E-state index in [1.165, 1.54) is 5.57 Å². The highest BCUT2D eigenvalue weighted by Gasteiger charge is 2.71. The molecule has 0 aliphatic heterocycles. The molecule has 0 aromatic carbocycles. The molecule has 4 saturated carbocycles. The van der Waals surface area contributed by atoms with Gasteiger partial charge in [0.25, 0.3) is 0 Å². The van der Waals surface area contributed by atoms with Crippen LogP contribution in [0.2, 0.25) is 0 Å². The van der Waals surface area contributed by atoms with Crippen LogP contribution in [-0.2, 0) is 9.59 Å². The standard InChI is InChI=1S/C31H48O5/c1-18-21(32)17-27(4)22-9-8-19-20-16-26(2,3)12-14-31(20,25(35)36)15-13-28(19,5)29(22,6)11-10-23(27)30(18,7)24(33)34/h8,18,20-23,32H,9-17H2,1-7H3,(H,33,34)(H,35,36). The number of aliphatic hydroxyl groups is 1. The maximum Gasteiger partial charge on any atom is 0.310 e. The van der Waals surface area contributed by atoms with Crippen LogP contribution in [0.3, 0.4) is 0 Å². The van der Waals surface area contributed by atoms with Crippen molar-refractivity contribution >= 4 is 11.9 Å². The van der Waals surface area contributed by atoms with Gasteiger partial charge in [-0.15, -0.1) is 0 Å². The van der Waals surface area contributed by atoms with Gasteiger partial charge in [-0.2, -0.15) is 0 Å². The molecule has 0 heterocycles. The minimum atomic E-state index is -0.947. The van der Waals surface area contributed by atoms with Gasteiger partial charge in [0, 0.05) is 0 Å². The summed E-state index contributed by atoms with van der Waals surface area (Å²) in [6.07, 6.45) is 9.36. The van der Waals surface area contributed by atoms with Gasteiger partial charge in [0.1, 0.15) is 0 Å². The predicted octanol–water partition coefficient (Wildman–Crippen LogP) is 6.54. The van der Waals surface area contributed by atoms with E-state index < -0.39 is 28.9 Å². The van der Waals surface area contributed by atoms with E-state index in [2.05, 4.69) is 40.7 Å². The van der Waals surface area contributed by atoms with Gasteiger partial charge in [-0.1, -0.05) is 53.2 Å². The second-order valence-electron chi connectivity index (χ2n) is 15.3. The number of allylic oxidation sites excluding steroid dienone is 2. The Labute approximate surface area is 217 Å². The van der Waals surface area contributed by atoms with E-state index in [0.717, 1.165) is 51.4 Å². The third-order valence-electron chi connectivity index (χ3n) is 13.7. The van der Waals surface area contributed by atoms with Crippen LogP contribution in [-0.4, -0.2) is 33.4 Å². The third-order valence-corrected chi connectivity index (χ3v) is 13.7. The van der Waals surface area contributed by atoms with Crippen molar-refractivity contribution in [2.45, 2.75) is 112 Å². The number of hydrogen-bond donors (Lipinski definition) is 3. The summed E-state index contributed by atoms with van der Waals surface area (Å²) in [5.74, 6) is -1.31. The molecule has 5 aliphatic carbocycles. The first-order chi connectivity index (χ1) is 16.5. The number of hydrogen-bond acceptors (Lipinski definition) is 3. The minimum absolute atomic E-state index is 0.0211. The predicted molar refractivity (Wildman–Crippen MR) is 139 cm³/mol. The molecule has 3 N–H and O–H groups in total. The highest BCUT2D eigenvalue weighted by molar-refractivity contribution is 5.77. The molecule has 36 heavy (non-hydrogen) atoms. The van der Waals surface area contributed by atoms with Gasteiger partial charge in [0.05, 0.1) is 16.9 Å². The zero-order valence-electron chi connectivity index (χ0n) is 23.5. The van der Waals surface area contributed by atoms with Crippen LogP contribution in [0.25, 0.3) is 0 Å². The quantitative estimate of drug-likeness (QED) is 0.374. The third kappa shape index (κ3) is 2.98. The average molecular weight is 501 g/mol. The highest BCUT2D eigenvalue weighted by Crippen LogP contribution is 2.76. The van der Waals surface area contributed by atoms with Crippen LogP contribution in [0.1, 0.15) is 106 Å². The van der Waals surface area contributed by atoms with Crippen molar-refractivity contribution in [1.82, 2.24) is 0 Å². The van der Waals surface area contributed by atoms with Crippen LogP contribution in [0.4, 0.5) is 0 Å². The summed E-state index contributed by atoms with van der Waals surface area (Å²) in [6.45, 7) is 15.5. The summed E-state index contributed by atoms with van der Waals surface area (Å²) in [6, 6.07) is 0. The largest absolute Gasteiger partial charge is 0.481 e. The maximum absolute atomic E-state index is 12.8. The number of carboxylic acids is 2. The van der Waals surface area contributed by atoms with Crippen molar-refractivity contribution in [3.8, 4) is 0 Å². The molecule has 0 aromatic rings. The highest BCUT2D eigenvalue weighted by atomic mass is 16.4. The van der Waals surface area contributed by atoms with Crippen molar-refractivity contribution in [2.24, 2.45) is 56.2 Å². The van der Waals surface area contributed by atoms with Crippen molar-refractivity contribution in [3.05, 3.63) is 11.6 Å². The topological polar surface area (TPSA) is 94.8 Å². The SMILES string of the molecule is CC1C(O)CC2(C)C(CCC3(C)C2CC=C2C4CC(C)(C)CCC4(C(=O)O)CCC23C)C1(C)C(=O)O. The van der Waals surface area contributed by atoms with Gasteiger partial charge in [-0.25, -0.2) is 0 Å². The summed E-state index contributed by atoms with van der Waals surface area (Å²) in [7, 11) is 0. The number of aliphatic carboxylic acids is 2. The molecule has 202 valence electrons. The molecule has 5 aliphatic rings. The van der Waals surface area contributed by atoms with Gasteiger partial charge < -0.3 is 15.3 Å². The Morgan fingerprint density at radius 3 is 2.11 bits per heavy atom. The summed E-state index contributed by atoms with van der Waals surface area (Å²) < 4.78 is 0. The van der Waals surface area contributed by atoms with E-state index in [9.17, 15) is 24.9 Å². The molecule has 0 amide bonds. The van der Waals surface area contributed by atoms with Crippen molar-refractivity contribution in [1.29, 1.82) is 0 Å². The fraction of sp³-hybridized carbons (Fsp3) is 0.871. The summed E-state index contributed by atoms with van der Waals surface area (Å²) in [4.78, 5) is 25.5. The second kappa shape index (κ2) is 7.61. The average Bonchev–Trinajstić information content (AvgIpc) is 2.77. The Bertz CT molecular complexity index is 1010. The zero-order valence-corrected chi connectivity index (χ0v) is 23.5. The molecule has 10 atom stereocenters. The fourth-order valence-electron chi connectivity index (χ4n) is 11.0. The second-order valence-corrected chi connectivity index (χ2v) is 15.3. The lowest BCUT2D eigenvalue weighted by molar-refractivity contribution is -0.225. The lowest BCUT2D eigenvalue weighted by Crippen LogP contribution is -2.67. The van der Waals surface area contributed by atoms with Crippen LogP contribution in [0.5, 0.6) is 0 Å². The molecule has 0 saturated heterocycles. The van der Waals surface area contributed by atoms with Crippen LogP contribution < -0.4 is 0 Å². The Morgan fingerprint density at radius 1 is 0.861 bits per heavy atom. The lowest BCUT2D eigenvalue weighted by atomic mass is 9.33. The molecule has 0 spiro atoms. The molecular formula is C31H48O5. The smallest absolute Gasteiger partial charge is 0.310 e. The first kappa shape index (κ1) is 26.3. The molecule has 0 radical (unpaired) electrons. The molecule has 5 nitrogen and oxygen atoms in total. The number of fused-ring (bicyclic) bond motifs is 7. The zero-order chi connectivity index (χ0) is 26.7. The van der Waals surface area contributed by atoms with Gasteiger partial charge in [0.2, 0.25) is 0 Å². The van der Waals surface area contributed by atoms with Crippen LogP contribution in [0.15, 0.2) is 11.6 Å². The van der Waals surface area contributed by atoms with Crippen molar-refractivity contribution in [2.75, 3.05) is 0 Å². The summed E-state index contributed by atoms with van der Waals surface area (Å²) >= 11 is 0. The van der Waals surface area contributed by atoms with Crippen LogP contribution >= 0.6 is 0 Å². The number of rotatable bonds is 2. The first-order valence-corrected chi connectivity index (χ1v) is 14.3. The number of carbonyl (C=O) groups is 2. The molecule has 5 rings (SSSR count). The van der Waals surface area contributed by atoms with E-state index in [1.54, 1.807) is 0 Å². The van der Waals surface area contributed by atoms with E-state index in [-0.39, 0.29) is 45.3 Å². The molecule has 4 fully saturated rings. The molecule has 0 bridgehead atoms. The molecule has 0 aromatic heterocycles. The number of aliphatic hydroxyl groups excluding tert-OH is 1. The minimum Gasteiger partial charge on any atom is -0.481 e. The summed E-state index contributed by atoms with van der Waals surface area (Å²) in [5, 5.41) is 32.1. The monoisotopic (exact) mass is 500 g/mol. The van der Waals surface area contributed by atoms with E-state index in [4.69, 9.17) is 0 Å². The van der Waals surface area contributed by atoms with Gasteiger partial charge in [-0.3, -0.25) is 9.59 Å². The lowest BCUT2D eigenvalue weighted by Gasteiger charge is -2.71. The Morgan fingerprint density at radius 2 is 1.50 bits per heavy atom. The van der Waals surface area contributed by atoms with E-state index in [1.807, 2.05) is 13.8 Å². The van der Waals surface area contributed by atoms with Gasteiger partial charge >= 0.3 is 11.9 Å². The molecular weight excluding hydrogens is 452 g/mol. The Hall–Kier alpha value is -1.36.